The van der Waals surface area contributed by atoms with Gasteiger partial charge in [0.1, 0.15) is 24.7 Å². The molecule has 7 heteroatoms. The number of anilines is 2. The zero-order valence-corrected chi connectivity index (χ0v) is 14.3. The molecule has 1 aliphatic rings. The van der Waals surface area contributed by atoms with E-state index >= 15 is 0 Å². The van der Waals surface area contributed by atoms with Crippen molar-refractivity contribution in [3.63, 3.8) is 0 Å². The number of hydrogen-bond donors (Lipinski definition) is 0. The molecule has 0 saturated carbocycles. The van der Waals surface area contributed by atoms with Crippen molar-refractivity contribution in [2.75, 3.05) is 25.7 Å². The highest BCUT2D eigenvalue weighted by atomic mass is 16.5. The molecule has 1 heterocycles. The van der Waals surface area contributed by atoms with Gasteiger partial charge in [0, 0.05) is 5.69 Å². The van der Waals surface area contributed by atoms with Crippen molar-refractivity contribution in [1.82, 2.24) is 0 Å². The van der Waals surface area contributed by atoms with Crippen molar-refractivity contribution >= 4 is 29.6 Å². The second kappa shape index (κ2) is 7.26. The number of esters is 2. The summed E-state index contributed by atoms with van der Waals surface area (Å²) in [4.78, 5) is 37.0. The normalized spacial score (nSPS) is 15.5. The fourth-order valence-electron chi connectivity index (χ4n) is 2.83. The van der Waals surface area contributed by atoms with Crippen LogP contribution in [0.2, 0.25) is 0 Å². The lowest BCUT2D eigenvalue weighted by molar-refractivity contribution is -0.109. The molecular weight excluding hydrogens is 338 g/mol. The van der Waals surface area contributed by atoms with Crippen molar-refractivity contribution in [2.45, 2.75) is 6.04 Å². The van der Waals surface area contributed by atoms with E-state index in [1.807, 2.05) is 0 Å². The minimum atomic E-state index is -0.608. The maximum atomic E-state index is 11.9. The number of aldehydes is 1. The number of hydrogen-bond acceptors (Lipinski definition) is 7. The Labute approximate surface area is 150 Å². The summed E-state index contributed by atoms with van der Waals surface area (Å²) in [5, 5.41) is 0. The average molecular weight is 355 g/mol. The van der Waals surface area contributed by atoms with Gasteiger partial charge in [-0.2, -0.15) is 0 Å². The Morgan fingerprint density at radius 1 is 1.08 bits per heavy atom. The van der Waals surface area contributed by atoms with Gasteiger partial charge in [-0.1, -0.05) is 6.07 Å². The van der Waals surface area contributed by atoms with Crippen LogP contribution in [0.4, 0.5) is 11.4 Å². The van der Waals surface area contributed by atoms with Crippen LogP contribution in [0.1, 0.15) is 20.7 Å². The Balaban J connectivity index is 2.12. The molecule has 0 amide bonds. The number of carbonyl (C=O) groups excluding carboxylic acids is 3. The number of nitrogens with zero attached hydrogens (tertiary/aromatic N) is 1. The summed E-state index contributed by atoms with van der Waals surface area (Å²) >= 11 is 0. The largest absolute Gasteiger partial charge is 0.489 e. The summed E-state index contributed by atoms with van der Waals surface area (Å²) in [5.74, 6) is -0.449. The molecule has 0 aromatic heterocycles. The average Bonchev–Trinajstić information content (AvgIpc) is 2.71. The number of methoxy groups -OCH3 is 2. The maximum absolute atomic E-state index is 11.9. The van der Waals surface area contributed by atoms with Gasteiger partial charge in [-0.25, -0.2) is 9.59 Å². The number of carbonyl (C=O) groups is 3. The smallest absolute Gasteiger partial charge is 0.337 e. The van der Waals surface area contributed by atoms with Crippen molar-refractivity contribution in [3.8, 4) is 5.75 Å². The lowest BCUT2D eigenvalue weighted by atomic mass is 10.1. The quantitative estimate of drug-likeness (QED) is 0.615. The van der Waals surface area contributed by atoms with Crippen molar-refractivity contribution in [1.29, 1.82) is 0 Å². The Bertz CT molecular complexity index is 863. The molecule has 1 aliphatic heterocycles. The van der Waals surface area contributed by atoms with E-state index in [9.17, 15) is 14.4 Å². The zero-order chi connectivity index (χ0) is 18.7. The van der Waals surface area contributed by atoms with E-state index in [1.165, 1.54) is 14.2 Å². The second-order valence-corrected chi connectivity index (χ2v) is 5.60. The molecule has 3 rings (SSSR count). The van der Waals surface area contributed by atoms with Crippen LogP contribution in [-0.4, -0.2) is 45.1 Å². The van der Waals surface area contributed by atoms with Crippen LogP contribution >= 0.6 is 0 Å². The lowest BCUT2D eigenvalue weighted by Crippen LogP contribution is -2.41. The van der Waals surface area contributed by atoms with Gasteiger partial charge in [0.25, 0.3) is 0 Å². The first-order valence-electron chi connectivity index (χ1n) is 7.87. The molecule has 2 aromatic rings. The van der Waals surface area contributed by atoms with Gasteiger partial charge in [-0.15, -0.1) is 0 Å². The number of fused-ring (bicyclic) bond motifs is 1. The van der Waals surface area contributed by atoms with Crippen molar-refractivity contribution in [2.24, 2.45) is 0 Å². The summed E-state index contributed by atoms with van der Waals surface area (Å²) in [6.45, 7) is 0.149. The van der Waals surface area contributed by atoms with E-state index in [4.69, 9.17) is 14.2 Å². The molecule has 0 bridgehead atoms. The third kappa shape index (κ3) is 3.11. The van der Waals surface area contributed by atoms with E-state index in [2.05, 4.69) is 0 Å². The standard InChI is InChI=1S/C19H17NO6/c1-24-18(22)12-4-3-5-14(8-12)20-15(10-21)11-26-17-7-6-13(9-16(17)20)19(23)25-2/h3-10,15H,11H2,1-2H3. The highest BCUT2D eigenvalue weighted by Gasteiger charge is 2.30. The molecule has 1 atom stereocenters. The molecule has 0 spiro atoms. The molecule has 1 unspecified atom stereocenters. The topological polar surface area (TPSA) is 82.1 Å². The van der Waals surface area contributed by atoms with Gasteiger partial charge in [-0.05, 0) is 36.4 Å². The van der Waals surface area contributed by atoms with E-state index in [-0.39, 0.29) is 6.61 Å². The molecule has 7 nitrogen and oxygen atoms in total. The third-order valence-corrected chi connectivity index (χ3v) is 4.08. The third-order valence-electron chi connectivity index (χ3n) is 4.08. The van der Waals surface area contributed by atoms with Crippen LogP contribution in [0, 0.1) is 0 Å². The summed E-state index contributed by atoms with van der Waals surface area (Å²) < 4.78 is 15.1. The molecule has 0 N–H and O–H groups in total. The fraction of sp³-hybridized carbons (Fsp3) is 0.211. The molecule has 0 saturated heterocycles. The van der Waals surface area contributed by atoms with Crippen LogP contribution < -0.4 is 9.64 Å². The summed E-state index contributed by atoms with van der Waals surface area (Å²) in [7, 11) is 2.60. The second-order valence-electron chi connectivity index (χ2n) is 5.60. The van der Waals surface area contributed by atoms with Crippen molar-refractivity contribution < 1.29 is 28.6 Å². The fourth-order valence-corrected chi connectivity index (χ4v) is 2.83. The predicted octanol–water partition coefficient (Wildman–Crippen LogP) is 2.36. The Kier molecular flexibility index (Phi) is 4.88. The molecule has 26 heavy (non-hydrogen) atoms. The predicted molar refractivity (Wildman–Crippen MR) is 93.0 cm³/mol. The first kappa shape index (κ1) is 17.5. The number of benzene rings is 2. The maximum Gasteiger partial charge on any atom is 0.337 e. The summed E-state index contributed by atoms with van der Waals surface area (Å²) in [6, 6.07) is 10.9. The van der Waals surface area contributed by atoms with Crippen LogP contribution in [0.5, 0.6) is 5.75 Å². The van der Waals surface area contributed by atoms with Crippen LogP contribution in [0.3, 0.4) is 0 Å². The molecule has 2 aromatic carbocycles. The monoisotopic (exact) mass is 355 g/mol. The van der Waals surface area contributed by atoms with Gasteiger partial charge in [0.05, 0.1) is 31.0 Å². The number of ether oxygens (including phenoxy) is 3. The molecule has 0 radical (unpaired) electrons. The summed E-state index contributed by atoms with van der Waals surface area (Å²) in [6.07, 6.45) is 0.762. The van der Waals surface area contributed by atoms with E-state index in [0.29, 0.717) is 28.3 Å². The summed E-state index contributed by atoms with van der Waals surface area (Å²) in [5.41, 5.74) is 1.83. The molecule has 0 fully saturated rings. The molecule has 134 valence electrons. The Morgan fingerprint density at radius 2 is 1.77 bits per heavy atom. The van der Waals surface area contributed by atoms with Crippen LogP contribution in [-0.2, 0) is 14.3 Å². The van der Waals surface area contributed by atoms with Crippen molar-refractivity contribution in [3.05, 3.63) is 53.6 Å². The minimum Gasteiger partial charge on any atom is -0.489 e. The number of rotatable bonds is 4. The molecule has 0 aliphatic carbocycles. The first-order valence-corrected chi connectivity index (χ1v) is 7.87. The van der Waals surface area contributed by atoms with Crippen LogP contribution in [0.25, 0.3) is 0 Å². The highest BCUT2D eigenvalue weighted by Crippen LogP contribution is 2.39. The van der Waals surface area contributed by atoms with Gasteiger partial charge in [-0.3, -0.25) is 0 Å². The minimum absolute atomic E-state index is 0.149. The zero-order valence-electron chi connectivity index (χ0n) is 14.3. The Morgan fingerprint density at radius 3 is 2.42 bits per heavy atom. The van der Waals surface area contributed by atoms with E-state index < -0.39 is 18.0 Å². The Hall–Kier alpha value is -3.35. The lowest BCUT2D eigenvalue weighted by Gasteiger charge is -2.36. The van der Waals surface area contributed by atoms with E-state index in [1.54, 1.807) is 47.4 Å². The van der Waals surface area contributed by atoms with E-state index in [0.717, 1.165) is 6.29 Å². The first-order chi connectivity index (χ1) is 12.6. The van der Waals surface area contributed by atoms with Gasteiger partial charge in [0.15, 0.2) is 0 Å². The van der Waals surface area contributed by atoms with Gasteiger partial charge >= 0.3 is 11.9 Å². The SMILES string of the molecule is COC(=O)c1cccc(N2c3cc(C(=O)OC)ccc3OCC2C=O)c1. The molecular formula is C19H17NO6. The highest BCUT2D eigenvalue weighted by molar-refractivity contribution is 5.94. The van der Waals surface area contributed by atoms with Crippen LogP contribution in [0.15, 0.2) is 42.5 Å². The van der Waals surface area contributed by atoms with Gasteiger partial charge in [0.2, 0.25) is 0 Å². The van der Waals surface area contributed by atoms with Gasteiger partial charge < -0.3 is 23.9 Å².